The van der Waals surface area contributed by atoms with E-state index in [9.17, 15) is 14.7 Å². The summed E-state index contributed by atoms with van der Waals surface area (Å²) in [7, 11) is 0. The Kier molecular flexibility index (Phi) is 17.7. The highest BCUT2D eigenvalue weighted by Crippen LogP contribution is 2.24. The van der Waals surface area contributed by atoms with Crippen LogP contribution in [0.2, 0.25) is 0 Å². The number of hydrogen-bond donors (Lipinski definition) is 3. The van der Waals surface area contributed by atoms with Crippen molar-refractivity contribution in [3.8, 4) is 0 Å². The highest BCUT2D eigenvalue weighted by atomic mass is 16.3. The van der Waals surface area contributed by atoms with E-state index in [4.69, 9.17) is 0 Å². The summed E-state index contributed by atoms with van der Waals surface area (Å²) >= 11 is 0. The number of benzene rings is 2. The van der Waals surface area contributed by atoms with E-state index < -0.39 is 0 Å². The van der Waals surface area contributed by atoms with Crippen molar-refractivity contribution in [3.63, 3.8) is 0 Å². The molecule has 0 aromatic heterocycles. The van der Waals surface area contributed by atoms with Crippen molar-refractivity contribution in [2.24, 2.45) is 0 Å². The zero-order valence-corrected chi connectivity index (χ0v) is 31.0. The quantitative estimate of drug-likeness (QED) is 0.0981. The van der Waals surface area contributed by atoms with Gasteiger partial charge in [0.1, 0.15) is 6.54 Å². The van der Waals surface area contributed by atoms with Gasteiger partial charge >= 0.3 is 0 Å². The van der Waals surface area contributed by atoms with Crippen LogP contribution in [0.5, 0.6) is 0 Å². The third-order valence-electron chi connectivity index (χ3n) is 10.5. The Labute approximate surface area is 292 Å². The fourth-order valence-corrected chi connectivity index (χ4v) is 7.57. The molecule has 0 spiro atoms. The van der Waals surface area contributed by atoms with Crippen molar-refractivity contribution in [1.29, 1.82) is 0 Å². The van der Waals surface area contributed by atoms with Gasteiger partial charge in [0.2, 0.25) is 5.91 Å². The van der Waals surface area contributed by atoms with E-state index in [0.29, 0.717) is 17.6 Å². The molecule has 2 unspecified atom stereocenters. The zero-order chi connectivity index (χ0) is 34.8. The largest absolute Gasteiger partial charge is 0.391 e. The number of hydrogen-bond acceptors (Lipinski definition) is 4. The highest BCUT2D eigenvalue weighted by molar-refractivity contribution is 5.96. The average molecular weight is 664 g/mol. The summed E-state index contributed by atoms with van der Waals surface area (Å²) in [6.45, 7) is 15.4. The van der Waals surface area contributed by atoms with Gasteiger partial charge in [0.05, 0.1) is 25.7 Å². The molecule has 48 heavy (non-hydrogen) atoms. The summed E-state index contributed by atoms with van der Waals surface area (Å²) in [4.78, 5) is 29.4. The lowest BCUT2D eigenvalue weighted by atomic mass is 10.00. The smallest absolute Gasteiger partial charge is 0.279 e. The fraction of sp³-hybridized carbons (Fsp3) is 0.659. The van der Waals surface area contributed by atoms with Gasteiger partial charge in [-0.25, -0.2) is 0 Å². The van der Waals surface area contributed by atoms with Gasteiger partial charge in [0, 0.05) is 11.4 Å². The molecule has 0 bridgehead atoms. The molecule has 1 heterocycles. The third-order valence-corrected chi connectivity index (χ3v) is 10.5. The minimum Gasteiger partial charge on any atom is -0.391 e. The molecule has 2 amide bonds. The molecule has 3 N–H and O–H groups in total. The van der Waals surface area contributed by atoms with Gasteiger partial charge < -0.3 is 20.2 Å². The highest BCUT2D eigenvalue weighted by Gasteiger charge is 2.30. The van der Waals surface area contributed by atoms with E-state index in [1.165, 1.54) is 38.5 Å². The fourth-order valence-electron chi connectivity index (χ4n) is 7.57. The number of unbranched alkanes of at least 4 members (excludes halogenated alkanes) is 7. The number of rotatable bonds is 20. The van der Waals surface area contributed by atoms with Crippen LogP contribution in [0.15, 0.2) is 36.4 Å². The molecule has 3 rings (SSSR count). The van der Waals surface area contributed by atoms with Crippen LogP contribution in [-0.4, -0.2) is 78.2 Å². The van der Waals surface area contributed by atoms with Crippen molar-refractivity contribution in [1.82, 2.24) is 4.90 Å². The molecule has 2 aromatic carbocycles. The molecular weight excluding hydrogens is 596 g/mol. The molecule has 7 nitrogen and oxygen atoms in total. The van der Waals surface area contributed by atoms with Crippen molar-refractivity contribution in [2.45, 2.75) is 131 Å². The molecule has 268 valence electrons. The number of nitrogens with zero attached hydrogens (tertiary/aromatic N) is 2. The molecule has 0 saturated carbocycles. The number of aryl methyl sites for hydroxylation is 4. The molecular formula is C41H67N4O3+. The average Bonchev–Trinajstić information content (AvgIpc) is 3.03. The number of aliphatic hydroxyl groups is 1. The number of likely N-dealkylation sites (tertiary alicyclic amines) is 1. The SMILES string of the molecule is CCCCC[N+](CCO)(CCCCCCCCN1CCCCCCC1C(=O)Nc1c(C)cccc1C)CC(=O)Nc1c(C)cccc1C. The Morgan fingerprint density at radius 1 is 0.729 bits per heavy atom. The summed E-state index contributed by atoms with van der Waals surface area (Å²) in [6.07, 6.45) is 15.9. The predicted octanol–water partition coefficient (Wildman–Crippen LogP) is 8.47. The number of aliphatic hydroxyl groups excluding tert-OH is 1. The van der Waals surface area contributed by atoms with Crippen molar-refractivity contribution in [2.75, 3.05) is 56.5 Å². The molecule has 2 aromatic rings. The van der Waals surface area contributed by atoms with Crippen LogP contribution in [0.25, 0.3) is 0 Å². The van der Waals surface area contributed by atoms with Crippen LogP contribution in [0, 0.1) is 27.7 Å². The molecule has 0 radical (unpaired) electrons. The molecule has 7 heteroatoms. The van der Waals surface area contributed by atoms with Gasteiger partial charge in [-0.2, -0.15) is 0 Å². The number of carbonyl (C=O) groups is 2. The second-order valence-electron chi connectivity index (χ2n) is 14.5. The zero-order valence-electron chi connectivity index (χ0n) is 31.0. The molecule has 1 saturated heterocycles. The maximum Gasteiger partial charge on any atom is 0.279 e. The van der Waals surface area contributed by atoms with Crippen LogP contribution >= 0.6 is 0 Å². The van der Waals surface area contributed by atoms with Gasteiger partial charge in [-0.1, -0.05) is 88.3 Å². The lowest BCUT2D eigenvalue weighted by Gasteiger charge is -2.38. The van der Waals surface area contributed by atoms with Gasteiger partial charge in [0.15, 0.2) is 6.54 Å². The van der Waals surface area contributed by atoms with E-state index in [1.54, 1.807) is 0 Å². The van der Waals surface area contributed by atoms with Crippen LogP contribution in [0.4, 0.5) is 11.4 Å². The second kappa shape index (κ2) is 21.4. The first kappa shape index (κ1) is 39.7. The Morgan fingerprint density at radius 3 is 1.88 bits per heavy atom. The van der Waals surface area contributed by atoms with E-state index in [1.807, 2.05) is 38.1 Å². The lowest BCUT2D eigenvalue weighted by Crippen LogP contribution is -2.55. The molecule has 1 aliphatic heterocycles. The molecule has 2 atom stereocenters. The van der Waals surface area contributed by atoms with Gasteiger partial charge in [0.25, 0.3) is 5.91 Å². The minimum absolute atomic E-state index is 0.0441. The van der Waals surface area contributed by atoms with Gasteiger partial charge in [-0.05, 0) is 108 Å². The van der Waals surface area contributed by atoms with E-state index in [0.717, 1.165) is 111 Å². The Bertz CT molecular complexity index is 1220. The Morgan fingerprint density at radius 2 is 1.27 bits per heavy atom. The number of anilines is 2. The second-order valence-corrected chi connectivity index (χ2v) is 14.5. The molecule has 0 aliphatic carbocycles. The predicted molar refractivity (Wildman–Crippen MR) is 202 cm³/mol. The first-order valence-electron chi connectivity index (χ1n) is 19.1. The minimum atomic E-state index is -0.0543. The molecule has 1 fully saturated rings. The van der Waals surface area contributed by atoms with E-state index in [-0.39, 0.29) is 24.5 Å². The summed E-state index contributed by atoms with van der Waals surface area (Å²) in [6, 6.07) is 12.2. The number of carbonyl (C=O) groups excluding carboxylic acids is 2. The first-order valence-corrected chi connectivity index (χ1v) is 19.1. The van der Waals surface area contributed by atoms with Crippen molar-refractivity contribution in [3.05, 3.63) is 58.7 Å². The van der Waals surface area contributed by atoms with Crippen LogP contribution < -0.4 is 10.6 Å². The number of para-hydroxylation sites is 2. The Balaban J connectivity index is 1.48. The third kappa shape index (κ3) is 12.9. The van der Waals surface area contributed by atoms with E-state index in [2.05, 4.69) is 48.4 Å². The normalized spacial score (nSPS) is 16.9. The first-order chi connectivity index (χ1) is 23.2. The number of nitrogens with one attached hydrogen (secondary N) is 2. The number of amides is 2. The Hall–Kier alpha value is -2.74. The van der Waals surface area contributed by atoms with Crippen LogP contribution in [0.3, 0.4) is 0 Å². The lowest BCUT2D eigenvalue weighted by molar-refractivity contribution is -0.921. The summed E-state index contributed by atoms with van der Waals surface area (Å²) in [5.41, 5.74) is 6.29. The maximum atomic E-state index is 13.6. The summed E-state index contributed by atoms with van der Waals surface area (Å²) in [5, 5.41) is 16.6. The van der Waals surface area contributed by atoms with Crippen LogP contribution in [-0.2, 0) is 9.59 Å². The standard InChI is InChI=1S/C41H66N4O3/c1-6-7-17-28-45(30-31-46,32-38(47)42-39-33(2)21-19-22-34(39)3)29-18-13-9-8-11-15-26-44-27-16-12-10-14-25-37(44)41(48)43-40-35(4)23-20-24-36(40)5/h19-24,37,46H,6-18,25-32H2,1-5H3,(H-,42,43,47,48)/p+1. The summed E-state index contributed by atoms with van der Waals surface area (Å²) < 4.78 is 0.660. The topological polar surface area (TPSA) is 81.7 Å². The maximum absolute atomic E-state index is 13.6. The monoisotopic (exact) mass is 664 g/mol. The van der Waals surface area contributed by atoms with Gasteiger partial charge in [-0.15, -0.1) is 0 Å². The summed E-state index contributed by atoms with van der Waals surface area (Å²) in [5.74, 6) is 0.197. The number of quaternary nitrogens is 1. The van der Waals surface area contributed by atoms with Crippen molar-refractivity contribution >= 4 is 23.2 Å². The van der Waals surface area contributed by atoms with Crippen molar-refractivity contribution < 1.29 is 19.2 Å². The van der Waals surface area contributed by atoms with Crippen LogP contribution in [0.1, 0.15) is 119 Å². The van der Waals surface area contributed by atoms with E-state index >= 15 is 0 Å². The molecule has 1 aliphatic rings. The van der Waals surface area contributed by atoms with Gasteiger partial charge in [-0.3, -0.25) is 14.5 Å².